The number of nitrogens with two attached hydrogens (primary N) is 1. The van der Waals surface area contributed by atoms with E-state index >= 15 is 0 Å². The van der Waals surface area contributed by atoms with Crippen LogP contribution < -0.4 is 5.73 Å². The van der Waals surface area contributed by atoms with Crippen molar-refractivity contribution in [3.63, 3.8) is 0 Å². The van der Waals surface area contributed by atoms with Crippen LogP contribution in [0.25, 0.3) is 0 Å². The van der Waals surface area contributed by atoms with Gasteiger partial charge < -0.3 is 15.2 Å². The van der Waals surface area contributed by atoms with Crippen LogP contribution in [0, 0.1) is 0 Å². The van der Waals surface area contributed by atoms with Crippen molar-refractivity contribution >= 4 is 5.91 Å². The molecule has 0 saturated heterocycles. The largest absolute Gasteiger partial charge is 0.333 e. The third-order valence-electron chi connectivity index (χ3n) is 3.61. The first-order chi connectivity index (χ1) is 9.76. The van der Waals surface area contributed by atoms with Gasteiger partial charge in [0.05, 0.1) is 13.0 Å². The summed E-state index contributed by atoms with van der Waals surface area (Å²) in [5.41, 5.74) is 7.65. The smallest absolute Gasteiger partial charge is 0.227 e. The molecule has 0 aliphatic carbocycles. The number of hydrogen-bond donors (Lipinski definition) is 1. The van der Waals surface area contributed by atoms with E-state index in [1.54, 1.807) is 6.33 Å². The van der Waals surface area contributed by atoms with Gasteiger partial charge in [0, 0.05) is 19.6 Å². The molecule has 104 valence electrons. The first-order valence-electron chi connectivity index (χ1n) is 6.68. The van der Waals surface area contributed by atoms with Crippen LogP contribution in [0.15, 0.2) is 30.6 Å². The summed E-state index contributed by atoms with van der Waals surface area (Å²) < 4.78 is 1.99. The van der Waals surface area contributed by atoms with Crippen molar-refractivity contribution < 1.29 is 4.79 Å². The fraction of sp³-hybridized carbons (Fsp3) is 0.357. The van der Waals surface area contributed by atoms with E-state index in [1.807, 2.05) is 33.7 Å². The van der Waals surface area contributed by atoms with E-state index in [-0.39, 0.29) is 5.91 Å². The normalized spacial score (nSPS) is 14.2. The number of fused-ring (bicyclic) bond motifs is 1. The molecule has 1 aliphatic rings. The lowest BCUT2D eigenvalue weighted by Gasteiger charge is -2.27. The van der Waals surface area contributed by atoms with E-state index in [9.17, 15) is 4.79 Å². The molecule has 1 aromatic heterocycles. The number of nitrogens with zero attached hydrogens (tertiary/aromatic N) is 4. The van der Waals surface area contributed by atoms with Crippen LogP contribution in [0.1, 0.15) is 17.0 Å². The number of aromatic nitrogens is 3. The van der Waals surface area contributed by atoms with Crippen LogP contribution in [-0.4, -0.2) is 32.1 Å². The molecule has 0 spiro atoms. The van der Waals surface area contributed by atoms with Crippen molar-refractivity contribution in [3.8, 4) is 0 Å². The lowest BCUT2D eigenvalue weighted by atomic mass is 10.1. The van der Waals surface area contributed by atoms with Gasteiger partial charge in [0.1, 0.15) is 6.33 Å². The van der Waals surface area contributed by atoms with Crippen molar-refractivity contribution in [1.82, 2.24) is 19.7 Å². The van der Waals surface area contributed by atoms with Crippen molar-refractivity contribution in [1.29, 1.82) is 0 Å². The summed E-state index contributed by atoms with van der Waals surface area (Å²) >= 11 is 0. The molecule has 6 nitrogen and oxygen atoms in total. The van der Waals surface area contributed by atoms with Crippen LogP contribution >= 0.6 is 0 Å². The van der Waals surface area contributed by atoms with Gasteiger partial charge in [-0.15, -0.1) is 10.2 Å². The highest BCUT2D eigenvalue weighted by molar-refractivity contribution is 5.78. The second-order valence-electron chi connectivity index (χ2n) is 4.95. The third-order valence-corrected chi connectivity index (χ3v) is 3.61. The standard InChI is InChI=1S/C14H17N5O/c15-8-12-3-1-11(2-4-12)7-14(20)18-5-6-19-10-16-17-13(19)9-18/h1-4,10H,5-9,15H2. The van der Waals surface area contributed by atoms with Gasteiger partial charge in [-0.3, -0.25) is 4.79 Å². The Balaban J connectivity index is 1.65. The number of amides is 1. The fourth-order valence-electron chi connectivity index (χ4n) is 2.36. The van der Waals surface area contributed by atoms with E-state index < -0.39 is 0 Å². The molecule has 0 saturated carbocycles. The molecule has 0 fully saturated rings. The molecule has 1 amide bonds. The maximum atomic E-state index is 12.3. The Kier molecular flexibility index (Phi) is 3.47. The number of hydrogen-bond acceptors (Lipinski definition) is 4. The highest BCUT2D eigenvalue weighted by atomic mass is 16.2. The highest BCUT2D eigenvalue weighted by Gasteiger charge is 2.21. The van der Waals surface area contributed by atoms with Gasteiger partial charge >= 0.3 is 0 Å². The van der Waals surface area contributed by atoms with Crippen LogP contribution in [0.2, 0.25) is 0 Å². The van der Waals surface area contributed by atoms with Gasteiger partial charge in [0.2, 0.25) is 5.91 Å². The summed E-state index contributed by atoms with van der Waals surface area (Å²) in [5.74, 6) is 0.975. The monoisotopic (exact) mass is 271 g/mol. The summed E-state index contributed by atoms with van der Waals surface area (Å²) in [6, 6.07) is 7.87. The Labute approximate surface area is 117 Å². The maximum absolute atomic E-state index is 12.3. The predicted molar refractivity (Wildman–Crippen MR) is 73.5 cm³/mol. The first kappa shape index (κ1) is 12.8. The molecule has 2 heterocycles. The van der Waals surface area contributed by atoms with Crippen molar-refractivity contribution in [3.05, 3.63) is 47.5 Å². The van der Waals surface area contributed by atoms with E-state index in [4.69, 9.17) is 5.73 Å². The van der Waals surface area contributed by atoms with Gasteiger partial charge in [0.15, 0.2) is 5.82 Å². The minimum Gasteiger partial charge on any atom is -0.333 e. The van der Waals surface area contributed by atoms with Gasteiger partial charge in [-0.1, -0.05) is 24.3 Å². The number of rotatable bonds is 3. The first-order valence-corrected chi connectivity index (χ1v) is 6.68. The van der Waals surface area contributed by atoms with Crippen molar-refractivity contribution in [2.24, 2.45) is 5.73 Å². The minimum absolute atomic E-state index is 0.125. The second kappa shape index (κ2) is 5.42. The predicted octanol–water partition coefficient (Wildman–Crippen LogP) is 0.322. The highest BCUT2D eigenvalue weighted by Crippen LogP contribution is 2.12. The molecule has 6 heteroatoms. The van der Waals surface area contributed by atoms with Gasteiger partial charge in [-0.2, -0.15) is 0 Å². The molecule has 1 aliphatic heterocycles. The zero-order valence-corrected chi connectivity index (χ0v) is 11.2. The molecular formula is C14H17N5O. The van der Waals surface area contributed by atoms with Gasteiger partial charge in [0.25, 0.3) is 0 Å². The zero-order valence-electron chi connectivity index (χ0n) is 11.2. The topological polar surface area (TPSA) is 77.0 Å². The Morgan fingerprint density at radius 2 is 1.95 bits per heavy atom. The molecule has 0 atom stereocenters. The molecule has 0 bridgehead atoms. The number of benzene rings is 1. The number of carbonyl (C=O) groups excluding carboxylic acids is 1. The third kappa shape index (κ3) is 2.55. The zero-order chi connectivity index (χ0) is 13.9. The maximum Gasteiger partial charge on any atom is 0.227 e. The Bertz CT molecular complexity index is 604. The Morgan fingerprint density at radius 3 is 2.70 bits per heavy atom. The summed E-state index contributed by atoms with van der Waals surface area (Å²) in [6.07, 6.45) is 2.13. The summed E-state index contributed by atoms with van der Waals surface area (Å²) in [5, 5.41) is 7.89. The van der Waals surface area contributed by atoms with E-state index in [0.717, 1.165) is 23.5 Å². The average Bonchev–Trinajstić information content (AvgIpc) is 2.95. The Morgan fingerprint density at radius 1 is 1.20 bits per heavy atom. The molecule has 1 aromatic carbocycles. The lowest BCUT2D eigenvalue weighted by Crippen LogP contribution is -2.39. The van der Waals surface area contributed by atoms with Crippen LogP contribution in [0.4, 0.5) is 0 Å². The molecule has 2 N–H and O–H groups in total. The minimum atomic E-state index is 0.125. The van der Waals surface area contributed by atoms with Gasteiger partial charge in [-0.05, 0) is 11.1 Å². The fourth-order valence-corrected chi connectivity index (χ4v) is 2.36. The molecule has 0 unspecified atom stereocenters. The van der Waals surface area contributed by atoms with E-state index in [2.05, 4.69) is 10.2 Å². The van der Waals surface area contributed by atoms with Gasteiger partial charge in [-0.25, -0.2) is 0 Å². The SMILES string of the molecule is NCc1ccc(CC(=O)N2CCn3cnnc3C2)cc1. The molecular weight excluding hydrogens is 254 g/mol. The second-order valence-corrected chi connectivity index (χ2v) is 4.95. The number of carbonyl (C=O) groups is 1. The summed E-state index contributed by atoms with van der Waals surface area (Å²) in [6.45, 7) is 2.54. The van der Waals surface area contributed by atoms with Crippen molar-refractivity contribution in [2.45, 2.75) is 26.1 Å². The molecule has 3 rings (SSSR count). The van der Waals surface area contributed by atoms with Crippen LogP contribution in [-0.2, 0) is 30.8 Å². The quantitative estimate of drug-likeness (QED) is 0.872. The van der Waals surface area contributed by atoms with Crippen molar-refractivity contribution in [2.75, 3.05) is 6.54 Å². The van der Waals surface area contributed by atoms with E-state index in [1.165, 1.54) is 0 Å². The Hall–Kier alpha value is -2.21. The van der Waals surface area contributed by atoms with Crippen LogP contribution in [0.5, 0.6) is 0 Å². The summed E-state index contributed by atoms with van der Waals surface area (Å²) in [7, 11) is 0. The molecule has 0 radical (unpaired) electrons. The van der Waals surface area contributed by atoms with Crippen LogP contribution in [0.3, 0.4) is 0 Å². The molecule has 20 heavy (non-hydrogen) atoms. The average molecular weight is 271 g/mol. The molecule has 2 aromatic rings. The summed E-state index contributed by atoms with van der Waals surface area (Å²) in [4.78, 5) is 14.1. The lowest BCUT2D eigenvalue weighted by molar-refractivity contribution is -0.132. The van der Waals surface area contributed by atoms with E-state index in [0.29, 0.717) is 26.1 Å².